The molecule has 2 aliphatic heterocycles. The van der Waals surface area contributed by atoms with E-state index < -0.39 is 11.5 Å². The summed E-state index contributed by atoms with van der Waals surface area (Å²) in [5.74, 6) is -0.0200. The highest BCUT2D eigenvalue weighted by Gasteiger charge is 2.50. The number of carbonyl (C=O) groups excluding carboxylic acids is 1. The Kier molecular flexibility index (Phi) is 2.86. The molecule has 5 heteroatoms. The maximum atomic E-state index is 12.6. The van der Waals surface area contributed by atoms with Crippen molar-refractivity contribution in [2.24, 2.45) is 5.41 Å². The second-order valence-corrected chi connectivity index (χ2v) is 6.86. The fourth-order valence-corrected chi connectivity index (χ4v) is 3.51. The smallest absolute Gasteiger partial charge is 0.254 e. The molecule has 0 saturated carbocycles. The molecule has 1 aromatic heterocycles. The van der Waals surface area contributed by atoms with Crippen LogP contribution < -0.4 is 0 Å². The minimum atomic E-state index is -0.597. The number of aromatic nitrogens is 1. The Bertz CT molecular complexity index is 749. The topological polar surface area (TPSA) is 65.6 Å². The fraction of sp³-hybridized carbons (Fsp3) is 0.471. The zero-order chi connectivity index (χ0) is 15.5. The number of ether oxygens (including phenoxy) is 1. The van der Waals surface area contributed by atoms with Crippen molar-refractivity contribution in [2.45, 2.75) is 32.6 Å². The van der Waals surface area contributed by atoms with Crippen LogP contribution in [0.1, 0.15) is 31.3 Å². The molecular weight excluding hydrogens is 280 g/mol. The average Bonchev–Trinajstić information content (AvgIpc) is 3.06. The molecule has 1 amide bonds. The number of aliphatic hydroxyl groups is 1. The molecule has 1 fully saturated rings. The highest BCUT2D eigenvalue weighted by molar-refractivity contribution is 5.88. The molecule has 22 heavy (non-hydrogen) atoms. The Morgan fingerprint density at radius 3 is 2.95 bits per heavy atom. The van der Waals surface area contributed by atoms with Crippen LogP contribution in [0.15, 0.2) is 24.3 Å². The number of aliphatic hydroxyl groups excluding tert-OH is 1. The van der Waals surface area contributed by atoms with Crippen LogP contribution in [0.5, 0.6) is 0 Å². The number of amides is 1. The quantitative estimate of drug-likeness (QED) is 0.891. The molecule has 1 aromatic carbocycles. The van der Waals surface area contributed by atoms with Crippen molar-refractivity contribution in [2.75, 3.05) is 13.2 Å². The van der Waals surface area contributed by atoms with Crippen LogP contribution in [-0.2, 0) is 16.0 Å². The third kappa shape index (κ3) is 1.76. The van der Waals surface area contributed by atoms with Gasteiger partial charge in [-0.3, -0.25) is 4.79 Å². The first-order chi connectivity index (χ1) is 10.5. The van der Waals surface area contributed by atoms with Gasteiger partial charge >= 0.3 is 0 Å². The zero-order valence-corrected chi connectivity index (χ0v) is 12.8. The first-order valence-corrected chi connectivity index (χ1v) is 7.69. The van der Waals surface area contributed by atoms with E-state index in [4.69, 9.17) is 4.74 Å². The summed E-state index contributed by atoms with van der Waals surface area (Å²) in [6.07, 6.45) is -0.128. The standard InChI is InChI=1S/C17H20N2O3/c1-17(2,9-20)14-15(21)19-8-7-11-10-5-3-4-6-12(10)18-13(11)16(19)22-14/h3-6,14,16,18,20H,7-9H2,1-2H3/t14-,16-/m1/s1. The van der Waals surface area contributed by atoms with Gasteiger partial charge in [-0.1, -0.05) is 32.0 Å². The summed E-state index contributed by atoms with van der Waals surface area (Å²) in [4.78, 5) is 17.9. The van der Waals surface area contributed by atoms with E-state index in [0.717, 1.165) is 17.6 Å². The predicted molar refractivity (Wildman–Crippen MR) is 82.2 cm³/mol. The number of benzene rings is 1. The molecule has 0 radical (unpaired) electrons. The number of carbonyl (C=O) groups is 1. The van der Waals surface area contributed by atoms with Crippen molar-refractivity contribution in [3.05, 3.63) is 35.5 Å². The Morgan fingerprint density at radius 2 is 2.18 bits per heavy atom. The molecule has 0 unspecified atom stereocenters. The van der Waals surface area contributed by atoms with E-state index in [9.17, 15) is 9.90 Å². The van der Waals surface area contributed by atoms with Gasteiger partial charge in [0.25, 0.3) is 5.91 Å². The molecule has 3 heterocycles. The minimum absolute atomic E-state index is 0.0200. The van der Waals surface area contributed by atoms with E-state index in [2.05, 4.69) is 11.1 Å². The fourth-order valence-electron chi connectivity index (χ4n) is 3.51. The van der Waals surface area contributed by atoms with E-state index >= 15 is 0 Å². The second kappa shape index (κ2) is 4.57. The Hall–Kier alpha value is -1.85. The number of para-hydroxylation sites is 1. The summed E-state index contributed by atoms with van der Waals surface area (Å²) < 4.78 is 6.07. The average molecular weight is 300 g/mol. The third-order valence-electron chi connectivity index (χ3n) is 4.87. The van der Waals surface area contributed by atoms with Crippen LogP contribution in [0.25, 0.3) is 10.9 Å². The molecule has 0 bridgehead atoms. The van der Waals surface area contributed by atoms with Gasteiger partial charge in [-0.2, -0.15) is 0 Å². The predicted octanol–water partition coefficient (Wildman–Crippen LogP) is 1.97. The summed E-state index contributed by atoms with van der Waals surface area (Å²) in [5, 5.41) is 10.8. The largest absolute Gasteiger partial charge is 0.396 e. The number of H-pyrrole nitrogens is 1. The molecule has 0 aliphatic carbocycles. The number of hydrogen-bond donors (Lipinski definition) is 2. The maximum absolute atomic E-state index is 12.6. The number of fused-ring (bicyclic) bond motifs is 5. The van der Waals surface area contributed by atoms with Crippen molar-refractivity contribution in [3.8, 4) is 0 Å². The normalized spacial score (nSPS) is 24.7. The van der Waals surface area contributed by atoms with E-state index in [0.29, 0.717) is 6.54 Å². The lowest BCUT2D eigenvalue weighted by Gasteiger charge is -2.28. The van der Waals surface area contributed by atoms with Crippen LogP contribution in [0.2, 0.25) is 0 Å². The van der Waals surface area contributed by atoms with Crippen molar-refractivity contribution >= 4 is 16.8 Å². The van der Waals surface area contributed by atoms with Crippen molar-refractivity contribution in [1.82, 2.24) is 9.88 Å². The molecule has 4 rings (SSSR count). The summed E-state index contributed by atoms with van der Waals surface area (Å²) in [6.45, 7) is 4.31. The van der Waals surface area contributed by atoms with E-state index in [-0.39, 0.29) is 18.7 Å². The van der Waals surface area contributed by atoms with Gasteiger partial charge in [-0.15, -0.1) is 0 Å². The first kappa shape index (κ1) is 13.8. The minimum Gasteiger partial charge on any atom is -0.396 e. The van der Waals surface area contributed by atoms with Gasteiger partial charge in [0, 0.05) is 22.9 Å². The summed E-state index contributed by atoms with van der Waals surface area (Å²) in [6, 6.07) is 8.18. The zero-order valence-electron chi connectivity index (χ0n) is 12.8. The monoisotopic (exact) mass is 300 g/mol. The van der Waals surface area contributed by atoms with E-state index in [1.165, 1.54) is 10.9 Å². The van der Waals surface area contributed by atoms with Gasteiger partial charge in [0.2, 0.25) is 0 Å². The lowest BCUT2D eigenvalue weighted by molar-refractivity contribution is -0.135. The van der Waals surface area contributed by atoms with E-state index in [1.54, 1.807) is 4.90 Å². The summed E-state index contributed by atoms with van der Waals surface area (Å²) in [5.41, 5.74) is 2.72. The first-order valence-electron chi connectivity index (χ1n) is 7.69. The maximum Gasteiger partial charge on any atom is 0.254 e. The van der Waals surface area contributed by atoms with Gasteiger partial charge in [0.1, 0.15) is 6.10 Å². The summed E-state index contributed by atoms with van der Waals surface area (Å²) in [7, 11) is 0. The Balaban J connectivity index is 1.78. The third-order valence-corrected chi connectivity index (χ3v) is 4.87. The Morgan fingerprint density at radius 1 is 1.41 bits per heavy atom. The highest BCUT2D eigenvalue weighted by Crippen LogP contribution is 2.43. The number of nitrogens with one attached hydrogen (secondary N) is 1. The van der Waals surface area contributed by atoms with Crippen molar-refractivity contribution in [1.29, 1.82) is 0 Å². The number of rotatable bonds is 2. The second-order valence-electron chi connectivity index (χ2n) is 6.86. The van der Waals surface area contributed by atoms with Gasteiger partial charge in [0.15, 0.2) is 6.23 Å². The summed E-state index contributed by atoms with van der Waals surface area (Å²) >= 11 is 0. The van der Waals surface area contributed by atoms with Gasteiger partial charge in [0.05, 0.1) is 12.3 Å². The van der Waals surface area contributed by atoms with Crippen LogP contribution in [0.3, 0.4) is 0 Å². The molecule has 2 aromatic rings. The highest BCUT2D eigenvalue weighted by atomic mass is 16.5. The van der Waals surface area contributed by atoms with Crippen molar-refractivity contribution < 1.29 is 14.6 Å². The number of hydrogen-bond acceptors (Lipinski definition) is 3. The SMILES string of the molecule is CC(C)(CO)[C@@H]1O[C@@H]2c3[nH]c4ccccc4c3CCN2C1=O. The lowest BCUT2D eigenvalue weighted by atomic mass is 9.87. The molecule has 2 aliphatic rings. The van der Waals surface area contributed by atoms with E-state index in [1.807, 2.05) is 32.0 Å². The van der Waals surface area contributed by atoms with Crippen molar-refractivity contribution in [3.63, 3.8) is 0 Å². The number of nitrogens with zero attached hydrogens (tertiary/aromatic N) is 1. The molecule has 5 nitrogen and oxygen atoms in total. The van der Waals surface area contributed by atoms with Gasteiger partial charge in [-0.05, 0) is 18.1 Å². The molecule has 0 spiro atoms. The van der Waals surface area contributed by atoms with Crippen LogP contribution >= 0.6 is 0 Å². The van der Waals surface area contributed by atoms with Gasteiger partial charge < -0.3 is 19.7 Å². The molecule has 2 N–H and O–H groups in total. The lowest BCUT2D eigenvalue weighted by Crippen LogP contribution is -2.42. The number of aromatic amines is 1. The molecule has 2 atom stereocenters. The van der Waals surface area contributed by atoms with Gasteiger partial charge in [-0.25, -0.2) is 0 Å². The van der Waals surface area contributed by atoms with Crippen LogP contribution in [-0.4, -0.2) is 40.2 Å². The molecule has 1 saturated heterocycles. The Labute approximate surface area is 128 Å². The molecule has 116 valence electrons. The van der Waals surface area contributed by atoms with Crippen LogP contribution in [0, 0.1) is 5.41 Å². The van der Waals surface area contributed by atoms with Crippen LogP contribution in [0.4, 0.5) is 0 Å². The molecular formula is C17H20N2O3.